The number of rotatable bonds is 4. The van der Waals surface area contributed by atoms with Crippen LogP contribution < -0.4 is 21.7 Å². The lowest BCUT2D eigenvalue weighted by Gasteiger charge is -2.23. The van der Waals surface area contributed by atoms with Gasteiger partial charge in [-0.25, -0.2) is 0 Å². The maximum Gasteiger partial charge on any atom is 0.0480 e. The molecule has 19 heavy (non-hydrogen) atoms. The van der Waals surface area contributed by atoms with E-state index in [0.29, 0.717) is 0 Å². The van der Waals surface area contributed by atoms with E-state index in [9.17, 15) is 0 Å². The predicted octanol–water partition coefficient (Wildman–Crippen LogP) is -0.0625. The zero-order valence-corrected chi connectivity index (χ0v) is 12.4. The van der Waals surface area contributed by atoms with Gasteiger partial charge >= 0.3 is 0 Å². The van der Waals surface area contributed by atoms with Crippen LogP contribution in [-0.4, -0.2) is 63.9 Å². The lowest BCUT2D eigenvalue weighted by molar-refractivity contribution is 0.243. The molecular formula is C14H33N5. The second-order valence-corrected chi connectivity index (χ2v) is 5.33. The van der Waals surface area contributed by atoms with Gasteiger partial charge in [-0.2, -0.15) is 0 Å². The summed E-state index contributed by atoms with van der Waals surface area (Å²) in [4.78, 5) is 2.53. The van der Waals surface area contributed by atoms with Gasteiger partial charge in [0.2, 0.25) is 0 Å². The van der Waals surface area contributed by atoms with Crippen molar-refractivity contribution >= 4 is 0 Å². The Labute approximate surface area is 118 Å². The lowest BCUT2D eigenvalue weighted by atomic mass is 10.2. The zero-order valence-electron chi connectivity index (χ0n) is 12.4. The molecule has 1 heterocycles. The molecule has 1 fully saturated rings. The molecule has 5 heteroatoms. The Morgan fingerprint density at radius 1 is 0.789 bits per heavy atom. The molecule has 0 aliphatic carbocycles. The molecule has 0 aromatic heterocycles. The van der Waals surface area contributed by atoms with Crippen LogP contribution in [0, 0.1) is 0 Å². The molecular weight excluding hydrogens is 238 g/mol. The fraction of sp³-hybridized carbons (Fsp3) is 1.00. The maximum atomic E-state index is 5.57. The van der Waals surface area contributed by atoms with Gasteiger partial charge in [0.1, 0.15) is 0 Å². The van der Waals surface area contributed by atoms with Crippen molar-refractivity contribution in [1.29, 1.82) is 0 Å². The highest BCUT2D eigenvalue weighted by Gasteiger charge is 2.04. The molecule has 0 amide bonds. The van der Waals surface area contributed by atoms with Crippen molar-refractivity contribution in [2.75, 3.05) is 59.0 Å². The molecule has 1 saturated heterocycles. The van der Waals surface area contributed by atoms with Gasteiger partial charge in [0.15, 0.2) is 0 Å². The van der Waals surface area contributed by atoms with E-state index in [0.717, 1.165) is 52.4 Å². The summed E-state index contributed by atoms with van der Waals surface area (Å²) in [7, 11) is 0. The summed E-state index contributed by atoms with van der Waals surface area (Å²) in [6.07, 6.45) is 6.15. The third kappa shape index (κ3) is 10.3. The third-order valence-electron chi connectivity index (χ3n) is 3.53. The molecule has 1 rings (SSSR count). The van der Waals surface area contributed by atoms with E-state index < -0.39 is 0 Å². The number of nitrogens with two attached hydrogens (primary N) is 1. The predicted molar refractivity (Wildman–Crippen MR) is 82.3 cm³/mol. The molecule has 5 nitrogen and oxygen atoms in total. The van der Waals surface area contributed by atoms with Crippen LogP contribution in [0.2, 0.25) is 0 Å². The Balaban J connectivity index is 2.19. The van der Waals surface area contributed by atoms with Crippen molar-refractivity contribution in [3.8, 4) is 0 Å². The molecule has 0 saturated carbocycles. The second-order valence-electron chi connectivity index (χ2n) is 5.33. The molecule has 0 unspecified atom stereocenters. The normalized spacial score (nSPS) is 21.9. The lowest BCUT2D eigenvalue weighted by Crippen LogP contribution is -2.39. The van der Waals surface area contributed by atoms with E-state index in [1.54, 1.807) is 0 Å². The Bertz CT molecular complexity index is 175. The molecule has 0 aromatic carbocycles. The summed E-state index contributed by atoms with van der Waals surface area (Å²) in [5.41, 5.74) is 5.57. The first-order chi connectivity index (χ1) is 9.43. The molecule has 0 bridgehead atoms. The highest BCUT2D eigenvalue weighted by atomic mass is 15.2. The van der Waals surface area contributed by atoms with Crippen LogP contribution in [0.4, 0.5) is 0 Å². The number of unbranched alkanes of at least 4 members (excludes halogenated alkanes) is 1. The molecule has 0 radical (unpaired) electrons. The summed E-state index contributed by atoms with van der Waals surface area (Å²) < 4.78 is 0. The minimum atomic E-state index is 0.815. The average Bonchev–Trinajstić information content (AvgIpc) is 2.43. The van der Waals surface area contributed by atoms with Crippen LogP contribution in [0.3, 0.4) is 0 Å². The van der Waals surface area contributed by atoms with E-state index in [4.69, 9.17) is 5.73 Å². The molecule has 114 valence electrons. The second kappa shape index (κ2) is 12.8. The molecule has 5 N–H and O–H groups in total. The summed E-state index contributed by atoms with van der Waals surface area (Å²) in [5.74, 6) is 0. The van der Waals surface area contributed by atoms with E-state index in [1.165, 1.54) is 38.8 Å². The van der Waals surface area contributed by atoms with Crippen LogP contribution >= 0.6 is 0 Å². The topological polar surface area (TPSA) is 65.3 Å². The summed E-state index contributed by atoms with van der Waals surface area (Å²) in [6.45, 7) is 9.74. The van der Waals surface area contributed by atoms with Crippen molar-refractivity contribution in [2.45, 2.75) is 32.1 Å². The van der Waals surface area contributed by atoms with E-state index in [-0.39, 0.29) is 0 Å². The maximum absolute atomic E-state index is 5.57. The highest BCUT2D eigenvalue weighted by molar-refractivity contribution is 4.61. The summed E-state index contributed by atoms with van der Waals surface area (Å²) in [5, 5.41) is 10.5. The van der Waals surface area contributed by atoms with Crippen LogP contribution in [0.5, 0.6) is 0 Å². The Morgan fingerprint density at radius 2 is 1.53 bits per heavy atom. The minimum Gasteiger partial charge on any atom is -0.330 e. The van der Waals surface area contributed by atoms with Gasteiger partial charge in [-0.1, -0.05) is 0 Å². The van der Waals surface area contributed by atoms with Gasteiger partial charge in [-0.05, 0) is 71.4 Å². The van der Waals surface area contributed by atoms with E-state index in [2.05, 4.69) is 20.9 Å². The fourth-order valence-electron chi connectivity index (χ4n) is 2.34. The molecule has 1 aliphatic heterocycles. The quantitative estimate of drug-likeness (QED) is 0.540. The minimum absolute atomic E-state index is 0.815. The Kier molecular flexibility index (Phi) is 11.4. The van der Waals surface area contributed by atoms with Crippen molar-refractivity contribution in [3.05, 3.63) is 0 Å². The smallest absolute Gasteiger partial charge is 0.0480 e. The van der Waals surface area contributed by atoms with Crippen LogP contribution in [0.25, 0.3) is 0 Å². The van der Waals surface area contributed by atoms with Gasteiger partial charge in [0.05, 0.1) is 0 Å². The number of hydrogen-bond donors (Lipinski definition) is 4. The van der Waals surface area contributed by atoms with Crippen molar-refractivity contribution in [1.82, 2.24) is 20.9 Å². The van der Waals surface area contributed by atoms with Crippen molar-refractivity contribution in [2.24, 2.45) is 5.73 Å². The number of hydrogen-bond acceptors (Lipinski definition) is 5. The van der Waals surface area contributed by atoms with E-state index >= 15 is 0 Å². The first-order valence-electron chi connectivity index (χ1n) is 7.98. The van der Waals surface area contributed by atoms with Gasteiger partial charge in [-0.3, -0.25) is 4.90 Å². The van der Waals surface area contributed by atoms with Gasteiger partial charge in [-0.15, -0.1) is 0 Å². The average molecular weight is 271 g/mol. The first kappa shape index (κ1) is 16.9. The van der Waals surface area contributed by atoms with Crippen LogP contribution in [-0.2, 0) is 0 Å². The summed E-state index contributed by atoms with van der Waals surface area (Å²) >= 11 is 0. The highest BCUT2D eigenvalue weighted by Crippen LogP contribution is 1.98. The Morgan fingerprint density at radius 3 is 2.37 bits per heavy atom. The number of nitrogens with zero attached hydrogens (tertiary/aromatic N) is 1. The zero-order chi connectivity index (χ0) is 13.6. The van der Waals surface area contributed by atoms with Gasteiger partial charge < -0.3 is 21.7 Å². The van der Waals surface area contributed by atoms with Gasteiger partial charge in [0.25, 0.3) is 0 Å². The molecule has 0 atom stereocenters. The molecule has 1 aliphatic rings. The monoisotopic (exact) mass is 271 g/mol. The Hall–Kier alpha value is -0.200. The van der Waals surface area contributed by atoms with Crippen LogP contribution in [0.1, 0.15) is 32.1 Å². The SMILES string of the molecule is NCCCCN1CCCCNCCCNCCNC1. The van der Waals surface area contributed by atoms with Crippen LogP contribution in [0.15, 0.2) is 0 Å². The van der Waals surface area contributed by atoms with Crippen molar-refractivity contribution in [3.63, 3.8) is 0 Å². The van der Waals surface area contributed by atoms with E-state index in [1.807, 2.05) is 0 Å². The third-order valence-corrected chi connectivity index (χ3v) is 3.53. The summed E-state index contributed by atoms with van der Waals surface area (Å²) in [6, 6.07) is 0. The largest absolute Gasteiger partial charge is 0.330 e. The van der Waals surface area contributed by atoms with Gasteiger partial charge in [0, 0.05) is 19.8 Å². The standard InChI is InChI=1S/C14H33N5/c15-6-1-3-12-19-13-4-2-7-16-8-5-9-17-10-11-18-14-19/h16-18H,1-15H2. The number of nitrogens with one attached hydrogen (secondary N) is 3. The fourth-order valence-corrected chi connectivity index (χ4v) is 2.34. The molecule has 0 aromatic rings. The first-order valence-corrected chi connectivity index (χ1v) is 7.98. The molecule has 0 spiro atoms. The van der Waals surface area contributed by atoms with Crippen molar-refractivity contribution < 1.29 is 0 Å².